The number of nitriles is 2. The summed E-state index contributed by atoms with van der Waals surface area (Å²) in [6.45, 7) is 10.9. The maximum absolute atomic E-state index is 12.2. The van der Waals surface area contributed by atoms with Gasteiger partial charge in [0.1, 0.15) is 11.6 Å². The summed E-state index contributed by atoms with van der Waals surface area (Å²) in [5.74, 6) is -0.343. The zero-order chi connectivity index (χ0) is 21.8. The van der Waals surface area contributed by atoms with Gasteiger partial charge < -0.3 is 0 Å². The Kier molecular flexibility index (Phi) is 11.5. The minimum absolute atomic E-state index is 0.122. The van der Waals surface area contributed by atoms with Crippen LogP contribution in [0.25, 0.3) is 0 Å². The van der Waals surface area contributed by atoms with E-state index in [1.165, 1.54) is 0 Å². The molecule has 6 heteroatoms. The molecule has 0 aromatic carbocycles. The van der Waals surface area contributed by atoms with E-state index in [9.17, 15) is 20.1 Å². The van der Waals surface area contributed by atoms with Crippen LogP contribution in [0.3, 0.4) is 0 Å². The zero-order valence-corrected chi connectivity index (χ0v) is 18.4. The molecule has 4 atom stereocenters. The third kappa shape index (κ3) is 9.22. The van der Waals surface area contributed by atoms with Crippen molar-refractivity contribution in [3.8, 4) is 12.1 Å². The molecular formula is C22H36N4O2. The van der Waals surface area contributed by atoms with Crippen molar-refractivity contribution < 1.29 is 9.59 Å². The molecule has 6 nitrogen and oxygen atoms in total. The molecule has 0 aliphatic rings. The summed E-state index contributed by atoms with van der Waals surface area (Å²) in [5.41, 5.74) is -2.34. The third-order valence-corrected chi connectivity index (χ3v) is 5.03. The molecule has 156 valence electrons. The van der Waals surface area contributed by atoms with Crippen LogP contribution in [0.2, 0.25) is 0 Å². The van der Waals surface area contributed by atoms with Crippen LogP contribution in [0.1, 0.15) is 92.9 Å². The molecule has 4 unspecified atom stereocenters. The van der Waals surface area contributed by atoms with Crippen LogP contribution in [0.4, 0.5) is 0 Å². The summed E-state index contributed by atoms with van der Waals surface area (Å²) in [7, 11) is 0. The van der Waals surface area contributed by atoms with Crippen molar-refractivity contribution in [1.29, 1.82) is 10.5 Å². The summed E-state index contributed by atoms with van der Waals surface area (Å²) in [6.07, 6.45) is 5.11. The molecule has 28 heavy (non-hydrogen) atoms. The summed E-state index contributed by atoms with van der Waals surface area (Å²) in [4.78, 5) is 24.4. The number of carbonyl (C=O) groups is 2. The number of nitrogens with zero attached hydrogens (tertiary/aromatic N) is 4. The quantitative estimate of drug-likeness (QED) is 0.362. The normalized spacial score (nSPS) is 17.7. The zero-order valence-electron chi connectivity index (χ0n) is 18.4. The second kappa shape index (κ2) is 12.4. The fourth-order valence-corrected chi connectivity index (χ4v) is 3.05. The van der Waals surface area contributed by atoms with E-state index in [4.69, 9.17) is 0 Å². The molecule has 0 heterocycles. The highest BCUT2D eigenvalue weighted by Gasteiger charge is 2.33. The lowest BCUT2D eigenvalue weighted by Crippen LogP contribution is -2.30. The van der Waals surface area contributed by atoms with Crippen molar-refractivity contribution in [3.05, 3.63) is 0 Å². The van der Waals surface area contributed by atoms with Crippen LogP contribution in [0.5, 0.6) is 0 Å². The Morgan fingerprint density at radius 3 is 1.39 bits per heavy atom. The molecule has 0 aliphatic heterocycles. The van der Waals surface area contributed by atoms with Gasteiger partial charge in [-0.05, 0) is 39.5 Å². The van der Waals surface area contributed by atoms with Gasteiger partial charge in [0.25, 0.3) is 0 Å². The van der Waals surface area contributed by atoms with Gasteiger partial charge >= 0.3 is 0 Å². The predicted octanol–water partition coefficient (Wildman–Crippen LogP) is 5.57. The third-order valence-electron chi connectivity index (χ3n) is 5.03. The van der Waals surface area contributed by atoms with Gasteiger partial charge in [-0.15, -0.1) is 0 Å². The average molecular weight is 389 g/mol. The number of ketones is 2. The maximum atomic E-state index is 12.2. The number of azo groups is 1. The summed E-state index contributed by atoms with van der Waals surface area (Å²) in [6, 6.07) is 4.26. The molecule has 0 aromatic rings. The monoisotopic (exact) mass is 388 g/mol. The molecule has 0 saturated carbocycles. The molecule has 0 radical (unpaired) electrons. The molecule has 0 aromatic heterocycles. The molecule has 0 fully saturated rings. The molecule has 0 rings (SSSR count). The van der Waals surface area contributed by atoms with Gasteiger partial charge in [-0.1, -0.05) is 40.5 Å². The van der Waals surface area contributed by atoms with E-state index in [0.717, 1.165) is 25.7 Å². The fourth-order valence-electron chi connectivity index (χ4n) is 3.05. The first-order valence-corrected chi connectivity index (χ1v) is 10.4. The number of hydrogen-bond acceptors (Lipinski definition) is 6. The number of Topliss-reactive ketones (excluding diaryl/α,β-unsaturated/α-hetero) is 2. The molecule has 0 bridgehead atoms. The number of hydrogen-bond donors (Lipinski definition) is 0. The fraction of sp³-hybridized carbons (Fsp3) is 0.818. The van der Waals surface area contributed by atoms with Gasteiger partial charge in [0.15, 0.2) is 11.1 Å². The molecule has 0 amide bonds. The SMILES string of the molecule is CCCCC(=O)C(C)CC(C)(C#N)N=NC(C)(C#N)CC(C)C(=O)CCCC. The Balaban J connectivity index is 5.16. The van der Waals surface area contributed by atoms with Gasteiger partial charge in [0.2, 0.25) is 0 Å². The Bertz CT molecular complexity index is 577. The average Bonchev–Trinajstić information content (AvgIpc) is 2.68. The Labute approximate surface area is 170 Å². The molecule has 0 spiro atoms. The lowest BCUT2D eigenvalue weighted by atomic mass is 9.87. The first kappa shape index (κ1) is 25.9. The molecule has 0 N–H and O–H groups in total. The highest BCUT2D eigenvalue weighted by atomic mass is 16.1. The highest BCUT2D eigenvalue weighted by molar-refractivity contribution is 5.81. The largest absolute Gasteiger partial charge is 0.299 e. The number of carbonyl (C=O) groups excluding carboxylic acids is 2. The van der Waals surface area contributed by atoms with E-state index in [1.807, 2.05) is 13.8 Å². The van der Waals surface area contributed by atoms with Crippen molar-refractivity contribution in [1.82, 2.24) is 0 Å². The van der Waals surface area contributed by atoms with Gasteiger partial charge in [-0.25, -0.2) is 0 Å². The van der Waals surface area contributed by atoms with Crippen LogP contribution in [-0.2, 0) is 9.59 Å². The van der Waals surface area contributed by atoms with E-state index >= 15 is 0 Å². The topological polar surface area (TPSA) is 106 Å². The van der Waals surface area contributed by atoms with E-state index in [1.54, 1.807) is 27.7 Å². The molecular weight excluding hydrogens is 352 g/mol. The number of rotatable bonds is 14. The summed E-state index contributed by atoms with van der Waals surface area (Å²) < 4.78 is 0. The Morgan fingerprint density at radius 2 is 1.14 bits per heavy atom. The van der Waals surface area contributed by atoms with Crippen LogP contribution in [0.15, 0.2) is 10.2 Å². The van der Waals surface area contributed by atoms with Crippen LogP contribution in [-0.4, -0.2) is 22.6 Å². The van der Waals surface area contributed by atoms with E-state index in [0.29, 0.717) is 12.8 Å². The first-order valence-electron chi connectivity index (χ1n) is 10.4. The van der Waals surface area contributed by atoms with Gasteiger partial charge in [-0.2, -0.15) is 20.8 Å². The van der Waals surface area contributed by atoms with Crippen molar-refractivity contribution >= 4 is 11.6 Å². The minimum atomic E-state index is -1.17. The Hall–Kier alpha value is -2.08. The van der Waals surface area contributed by atoms with Crippen molar-refractivity contribution in [2.24, 2.45) is 22.1 Å². The lowest BCUT2D eigenvalue weighted by Gasteiger charge is -2.23. The number of unbranched alkanes of at least 4 members (excludes halogenated alkanes) is 2. The van der Waals surface area contributed by atoms with Crippen LogP contribution >= 0.6 is 0 Å². The highest BCUT2D eigenvalue weighted by Crippen LogP contribution is 2.28. The van der Waals surface area contributed by atoms with E-state index < -0.39 is 11.1 Å². The second-order valence-corrected chi connectivity index (χ2v) is 8.32. The smallest absolute Gasteiger partial charge is 0.165 e. The predicted molar refractivity (Wildman–Crippen MR) is 110 cm³/mol. The van der Waals surface area contributed by atoms with Crippen LogP contribution < -0.4 is 0 Å². The van der Waals surface area contributed by atoms with Crippen molar-refractivity contribution in [2.75, 3.05) is 0 Å². The van der Waals surface area contributed by atoms with Crippen LogP contribution in [0, 0.1) is 34.5 Å². The molecule has 0 aliphatic carbocycles. The lowest BCUT2D eigenvalue weighted by molar-refractivity contribution is -0.123. The van der Waals surface area contributed by atoms with E-state index in [2.05, 4.69) is 22.4 Å². The maximum Gasteiger partial charge on any atom is 0.165 e. The summed E-state index contributed by atoms with van der Waals surface area (Å²) >= 11 is 0. The Morgan fingerprint density at radius 1 is 0.821 bits per heavy atom. The first-order chi connectivity index (χ1) is 13.1. The second-order valence-electron chi connectivity index (χ2n) is 8.32. The van der Waals surface area contributed by atoms with Crippen molar-refractivity contribution in [2.45, 2.75) is 104 Å². The minimum Gasteiger partial charge on any atom is -0.299 e. The summed E-state index contributed by atoms with van der Waals surface area (Å²) in [5, 5.41) is 27.5. The van der Waals surface area contributed by atoms with Gasteiger partial charge in [0, 0.05) is 24.7 Å². The molecule has 0 saturated heterocycles. The van der Waals surface area contributed by atoms with E-state index in [-0.39, 0.29) is 36.2 Å². The van der Waals surface area contributed by atoms with Crippen molar-refractivity contribution in [3.63, 3.8) is 0 Å². The van der Waals surface area contributed by atoms with Gasteiger partial charge in [-0.3, -0.25) is 9.59 Å². The van der Waals surface area contributed by atoms with Gasteiger partial charge in [0.05, 0.1) is 12.1 Å². The standard InChI is InChI=1S/C22H36N4O2/c1-7-9-11-19(27)17(3)13-21(5,15-23)25-26-22(6,16-24)14-18(4)20(28)12-10-8-2/h17-18H,7-14H2,1-6H3.